The number of nitrogen functional groups attached to an aromatic ring is 1. The maximum Gasteiger partial charge on any atom is 0.161 e. The zero-order valence-electron chi connectivity index (χ0n) is 11.1. The summed E-state index contributed by atoms with van der Waals surface area (Å²) in [6, 6.07) is 13.1. The second-order valence-corrected chi connectivity index (χ2v) is 5.52. The van der Waals surface area contributed by atoms with Gasteiger partial charge in [-0.1, -0.05) is 29.8 Å². The Kier molecular flexibility index (Phi) is 5.44. The highest BCUT2D eigenvalue weighted by Crippen LogP contribution is 2.32. The first-order chi connectivity index (χ1) is 9.72. The number of nitrogens with two attached hydrogens (primary N) is 1. The molecule has 2 aromatic carbocycles. The second kappa shape index (κ2) is 7.31. The van der Waals surface area contributed by atoms with Gasteiger partial charge in [0.15, 0.2) is 11.5 Å². The second-order valence-electron chi connectivity index (χ2n) is 4.01. The monoisotopic (exact) mass is 309 g/mol. The minimum Gasteiger partial charge on any atom is -0.493 e. The van der Waals surface area contributed by atoms with Crippen LogP contribution in [0, 0.1) is 0 Å². The summed E-state index contributed by atoms with van der Waals surface area (Å²) in [5, 5.41) is 0.673. The normalized spacial score (nSPS) is 10.3. The maximum absolute atomic E-state index is 6.11. The van der Waals surface area contributed by atoms with Gasteiger partial charge >= 0.3 is 0 Å². The minimum atomic E-state index is 0.551. The van der Waals surface area contributed by atoms with Crippen molar-refractivity contribution in [2.75, 3.05) is 25.2 Å². The molecule has 0 unspecified atom stereocenters. The molecular weight excluding hydrogens is 294 g/mol. The maximum atomic E-state index is 6.11. The smallest absolute Gasteiger partial charge is 0.161 e. The van der Waals surface area contributed by atoms with Gasteiger partial charge in [-0.05, 0) is 24.3 Å². The minimum absolute atomic E-state index is 0.551. The van der Waals surface area contributed by atoms with Crippen molar-refractivity contribution in [3.05, 3.63) is 47.5 Å². The lowest BCUT2D eigenvalue weighted by molar-refractivity contribution is 0.313. The van der Waals surface area contributed by atoms with Gasteiger partial charge in [-0.3, -0.25) is 0 Å². The third-order valence-electron chi connectivity index (χ3n) is 2.65. The Bertz CT molecular complexity index is 557. The lowest BCUT2D eigenvalue weighted by Crippen LogP contribution is -2.02. The van der Waals surface area contributed by atoms with E-state index in [9.17, 15) is 0 Å². The molecule has 0 fully saturated rings. The van der Waals surface area contributed by atoms with Crippen LogP contribution < -0.4 is 15.2 Å². The number of anilines is 1. The molecule has 2 N–H and O–H groups in total. The van der Waals surface area contributed by atoms with Crippen molar-refractivity contribution in [1.82, 2.24) is 0 Å². The first kappa shape index (κ1) is 14.9. The molecule has 0 heterocycles. The molecule has 0 aromatic heterocycles. The van der Waals surface area contributed by atoms with E-state index in [2.05, 4.69) is 0 Å². The Morgan fingerprint density at radius 2 is 1.85 bits per heavy atom. The van der Waals surface area contributed by atoms with E-state index in [1.54, 1.807) is 18.9 Å². The number of benzene rings is 2. The summed E-state index contributed by atoms with van der Waals surface area (Å²) in [4.78, 5) is 0.901. The van der Waals surface area contributed by atoms with Gasteiger partial charge in [-0.2, -0.15) is 0 Å². The van der Waals surface area contributed by atoms with Gasteiger partial charge in [0.1, 0.15) is 0 Å². The van der Waals surface area contributed by atoms with Crippen molar-refractivity contribution >= 4 is 29.1 Å². The summed E-state index contributed by atoms with van der Waals surface area (Å²) in [5.41, 5.74) is 6.59. The number of thioether (sulfide) groups is 1. The molecule has 0 aliphatic rings. The van der Waals surface area contributed by atoms with E-state index in [4.69, 9.17) is 26.8 Å². The molecule has 5 heteroatoms. The van der Waals surface area contributed by atoms with Crippen LogP contribution in [0.5, 0.6) is 11.5 Å². The van der Waals surface area contributed by atoms with Crippen LogP contribution in [-0.4, -0.2) is 19.5 Å². The fourth-order valence-electron chi connectivity index (χ4n) is 1.71. The van der Waals surface area contributed by atoms with Crippen LogP contribution in [-0.2, 0) is 0 Å². The van der Waals surface area contributed by atoms with E-state index in [0.717, 1.165) is 22.1 Å². The number of hydrogen-bond acceptors (Lipinski definition) is 4. The molecule has 0 atom stereocenters. The van der Waals surface area contributed by atoms with Crippen LogP contribution in [0.25, 0.3) is 0 Å². The van der Waals surface area contributed by atoms with E-state index in [-0.39, 0.29) is 0 Å². The highest BCUT2D eigenvalue weighted by molar-refractivity contribution is 7.99. The molecule has 3 nitrogen and oxygen atoms in total. The van der Waals surface area contributed by atoms with Gasteiger partial charge < -0.3 is 15.2 Å². The van der Waals surface area contributed by atoms with Gasteiger partial charge in [-0.25, -0.2) is 0 Å². The molecule has 2 aromatic rings. The quantitative estimate of drug-likeness (QED) is 0.495. The summed E-state index contributed by atoms with van der Waals surface area (Å²) < 4.78 is 10.9. The number of hydrogen-bond donors (Lipinski definition) is 1. The topological polar surface area (TPSA) is 44.5 Å². The first-order valence-corrected chi connectivity index (χ1v) is 7.51. The molecular formula is C15H16ClNO2S. The number of para-hydroxylation sites is 2. The molecule has 20 heavy (non-hydrogen) atoms. The zero-order chi connectivity index (χ0) is 14.4. The van der Waals surface area contributed by atoms with Crippen molar-refractivity contribution in [2.45, 2.75) is 4.90 Å². The Balaban J connectivity index is 1.88. The van der Waals surface area contributed by atoms with E-state index in [1.165, 1.54) is 0 Å². The van der Waals surface area contributed by atoms with Gasteiger partial charge in [-0.15, -0.1) is 11.8 Å². The fraction of sp³-hybridized carbons (Fsp3) is 0.200. The van der Waals surface area contributed by atoms with Crippen LogP contribution in [0.4, 0.5) is 5.69 Å². The molecule has 0 bridgehead atoms. The van der Waals surface area contributed by atoms with Gasteiger partial charge in [0.25, 0.3) is 0 Å². The molecule has 0 spiro atoms. The van der Waals surface area contributed by atoms with E-state index in [0.29, 0.717) is 17.3 Å². The van der Waals surface area contributed by atoms with E-state index in [1.807, 2.05) is 42.5 Å². The van der Waals surface area contributed by atoms with Crippen LogP contribution in [0.3, 0.4) is 0 Å². The highest BCUT2D eigenvalue weighted by Gasteiger charge is 2.06. The lowest BCUT2D eigenvalue weighted by atomic mass is 10.3. The number of rotatable bonds is 6. The third kappa shape index (κ3) is 3.74. The van der Waals surface area contributed by atoms with Crippen molar-refractivity contribution in [2.24, 2.45) is 0 Å². The fourth-order valence-corrected chi connectivity index (χ4v) is 2.87. The highest BCUT2D eigenvalue weighted by atomic mass is 35.5. The number of halogens is 1. The average molecular weight is 310 g/mol. The zero-order valence-corrected chi connectivity index (χ0v) is 12.7. The number of ether oxygens (including phenoxy) is 2. The molecule has 106 valence electrons. The number of methoxy groups -OCH3 is 1. The molecule has 0 amide bonds. The molecule has 2 rings (SSSR count). The summed E-state index contributed by atoms with van der Waals surface area (Å²) in [6.45, 7) is 0.551. The molecule has 0 aliphatic heterocycles. The first-order valence-electron chi connectivity index (χ1n) is 6.15. The van der Waals surface area contributed by atoms with Crippen LogP contribution >= 0.6 is 23.4 Å². The standard InChI is InChI=1S/C15H16ClNO2S/c1-18-13-7-2-3-8-14(13)19-9-10-20-15-11(16)5-4-6-12(15)17/h2-8H,9-10,17H2,1H3. The van der Waals surface area contributed by atoms with Gasteiger partial charge in [0.05, 0.1) is 18.7 Å². The molecule has 0 radical (unpaired) electrons. The Labute approximate surface area is 128 Å². The van der Waals surface area contributed by atoms with E-state index >= 15 is 0 Å². The summed E-state index contributed by atoms with van der Waals surface area (Å²) in [6.07, 6.45) is 0. The Hall–Kier alpha value is -1.52. The van der Waals surface area contributed by atoms with Crippen molar-refractivity contribution in [3.8, 4) is 11.5 Å². The molecule has 0 saturated carbocycles. The van der Waals surface area contributed by atoms with Crippen LogP contribution in [0.2, 0.25) is 5.02 Å². The summed E-state index contributed by atoms with van der Waals surface area (Å²) >= 11 is 7.70. The van der Waals surface area contributed by atoms with Crippen molar-refractivity contribution < 1.29 is 9.47 Å². The summed E-state index contributed by atoms with van der Waals surface area (Å²) in [7, 11) is 1.63. The Morgan fingerprint density at radius 1 is 1.10 bits per heavy atom. The van der Waals surface area contributed by atoms with Crippen LogP contribution in [0.15, 0.2) is 47.4 Å². The predicted molar refractivity (Wildman–Crippen MR) is 85.1 cm³/mol. The summed E-state index contributed by atoms with van der Waals surface area (Å²) in [5.74, 6) is 2.23. The van der Waals surface area contributed by atoms with Gasteiger partial charge in [0, 0.05) is 16.3 Å². The molecule has 0 saturated heterocycles. The van der Waals surface area contributed by atoms with Crippen molar-refractivity contribution in [3.63, 3.8) is 0 Å². The van der Waals surface area contributed by atoms with Crippen molar-refractivity contribution in [1.29, 1.82) is 0 Å². The van der Waals surface area contributed by atoms with Gasteiger partial charge in [0.2, 0.25) is 0 Å². The van der Waals surface area contributed by atoms with E-state index < -0.39 is 0 Å². The van der Waals surface area contributed by atoms with Crippen LogP contribution in [0.1, 0.15) is 0 Å². The lowest BCUT2D eigenvalue weighted by Gasteiger charge is -2.11. The third-order valence-corrected chi connectivity index (χ3v) is 4.20. The SMILES string of the molecule is COc1ccccc1OCCSc1c(N)cccc1Cl. The average Bonchev–Trinajstić information content (AvgIpc) is 2.46. The largest absolute Gasteiger partial charge is 0.493 e. The molecule has 0 aliphatic carbocycles. The predicted octanol–water partition coefficient (Wildman–Crippen LogP) is 4.10. The Morgan fingerprint density at radius 3 is 2.55 bits per heavy atom.